The molecule has 0 atom stereocenters. The molecule has 8 heteroatoms. The quantitative estimate of drug-likeness (QED) is 0.305. The standard InChI is InChI=1S/C20H17Cl2IN2O3/c1-2-7-25-19(26)17(24-20(25)27)9-12-3-6-18(16(23)8-12)28-11-13-4-5-14(21)10-15(13)22/h3-6,8-10H,2,7,11H2,1H3,(H,24,27)/b17-9+. The molecule has 0 spiro atoms. The second-order valence-corrected chi connectivity index (χ2v) is 8.17. The lowest BCUT2D eigenvalue weighted by Gasteiger charge is -2.10. The second-order valence-electron chi connectivity index (χ2n) is 6.16. The van der Waals surface area contributed by atoms with Gasteiger partial charge in [-0.2, -0.15) is 0 Å². The number of amides is 3. The van der Waals surface area contributed by atoms with Gasteiger partial charge in [0.15, 0.2) is 0 Å². The third-order valence-electron chi connectivity index (χ3n) is 4.07. The van der Waals surface area contributed by atoms with Crippen LogP contribution in [0, 0.1) is 3.57 Å². The molecule has 3 amide bonds. The van der Waals surface area contributed by atoms with Gasteiger partial charge in [0.05, 0.1) is 3.57 Å². The van der Waals surface area contributed by atoms with Crippen LogP contribution in [0.25, 0.3) is 6.08 Å². The largest absolute Gasteiger partial charge is 0.488 e. The molecular formula is C20H17Cl2IN2O3. The van der Waals surface area contributed by atoms with E-state index < -0.39 is 0 Å². The molecule has 0 aliphatic carbocycles. The van der Waals surface area contributed by atoms with Crippen molar-refractivity contribution in [2.75, 3.05) is 6.54 Å². The number of hydrogen-bond donors (Lipinski definition) is 1. The van der Waals surface area contributed by atoms with Crippen molar-refractivity contribution in [2.45, 2.75) is 20.0 Å². The predicted octanol–water partition coefficient (Wildman–Crippen LogP) is 5.48. The predicted molar refractivity (Wildman–Crippen MR) is 118 cm³/mol. The fourth-order valence-electron chi connectivity index (χ4n) is 2.68. The Morgan fingerprint density at radius 3 is 2.64 bits per heavy atom. The number of ether oxygens (including phenoxy) is 1. The van der Waals surface area contributed by atoms with Gasteiger partial charge < -0.3 is 10.1 Å². The van der Waals surface area contributed by atoms with Crippen LogP contribution in [0.1, 0.15) is 24.5 Å². The number of benzene rings is 2. The van der Waals surface area contributed by atoms with E-state index in [1.165, 1.54) is 4.90 Å². The zero-order valence-corrected chi connectivity index (χ0v) is 18.6. The fourth-order valence-corrected chi connectivity index (χ4v) is 3.84. The molecule has 0 radical (unpaired) electrons. The first-order chi connectivity index (χ1) is 13.4. The number of urea groups is 1. The number of nitrogens with zero attached hydrogens (tertiary/aromatic N) is 1. The average molecular weight is 531 g/mol. The summed E-state index contributed by atoms with van der Waals surface area (Å²) in [7, 11) is 0. The minimum atomic E-state index is -0.382. The van der Waals surface area contributed by atoms with Crippen LogP contribution in [-0.4, -0.2) is 23.4 Å². The highest BCUT2D eigenvalue weighted by molar-refractivity contribution is 14.1. The van der Waals surface area contributed by atoms with Gasteiger partial charge >= 0.3 is 6.03 Å². The van der Waals surface area contributed by atoms with E-state index in [0.717, 1.165) is 14.7 Å². The molecule has 5 nitrogen and oxygen atoms in total. The summed E-state index contributed by atoms with van der Waals surface area (Å²) in [6.07, 6.45) is 2.38. The molecule has 2 aromatic rings. The summed E-state index contributed by atoms with van der Waals surface area (Å²) in [6, 6.07) is 10.4. The van der Waals surface area contributed by atoms with Crippen LogP contribution < -0.4 is 10.1 Å². The summed E-state index contributed by atoms with van der Waals surface area (Å²) in [5, 5.41) is 3.75. The van der Waals surface area contributed by atoms with E-state index in [4.69, 9.17) is 27.9 Å². The molecule has 1 aliphatic rings. The SMILES string of the molecule is CCCN1C(=O)N/C(=C/c2ccc(OCc3ccc(Cl)cc3Cl)c(I)c2)C1=O. The lowest BCUT2D eigenvalue weighted by molar-refractivity contribution is -0.122. The van der Waals surface area contributed by atoms with Crippen molar-refractivity contribution < 1.29 is 14.3 Å². The maximum Gasteiger partial charge on any atom is 0.329 e. The molecule has 0 aromatic heterocycles. The number of imide groups is 1. The normalized spacial score (nSPS) is 15.3. The molecule has 0 saturated carbocycles. The number of carbonyl (C=O) groups is 2. The molecule has 1 heterocycles. The number of rotatable bonds is 6. The Balaban J connectivity index is 1.72. The molecule has 146 valence electrons. The molecule has 1 saturated heterocycles. The fraction of sp³-hybridized carbons (Fsp3) is 0.200. The topological polar surface area (TPSA) is 58.6 Å². The van der Waals surface area contributed by atoms with Crippen LogP contribution >= 0.6 is 45.8 Å². The lowest BCUT2D eigenvalue weighted by Crippen LogP contribution is -2.31. The van der Waals surface area contributed by atoms with E-state index in [9.17, 15) is 9.59 Å². The highest BCUT2D eigenvalue weighted by Gasteiger charge is 2.32. The van der Waals surface area contributed by atoms with Crippen molar-refractivity contribution in [3.05, 3.63) is 66.8 Å². The average Bonchev–Trinajstić information content (AvgIpc) is 2.90. The molecule has 1 fully saturated rings. The van der Waals surface area contributed by atoms with Crippen molar-refractivity contribution in [3.63, 3.8) is 0 Å². The van der Waals surface area contributed by atoms with E-state index in [1.807, 2.05) is 31.2 Å². The van der Waals surface area contributed by atoms with Crippen molar-refractivity contribution in [1.29, 1.82) is 0 Å². The van der Waals surface area contributed by atoms with Gasteiger partial charge in [-0.3, -0.25) is 9.69 Å². The van der Waals surface area contributed by atoms with Gasteiger partial charge in [-0.25, -0.2) is 4.79 Å². The third-order valence-corrected chi connectivity index (χ3v) is 5.50. The van der Waals surface area contributed by atoms with Crippen LogP contribution in [0.5, 0.6) is 5.75 Å². The maximum absolute atomic E-state index is 12.3. The van der Waals surface area contributed by atoms with E-state index in [2.05, 4.69) is 27.9 Å². The molecular weight excluding hydrogens is 514 g/mol. The highest BCUT2D eigenvalue weighted by atomic mass is 127. The summed E-state index contributed by atoms with van der Waals surface area (Å²) in [6.45, 7) is 2.63. The smallest absolute Gasteiger partial charge is 0.329 e. The lowest BCUT2D eigenvalue weighted by atomic mass is 10.2. The molecule has 28 heavy (non-hydrogen) atoms. The molecule has 0 bridgehead atoms. The minimum Gasteiger partial charge on any atom is -0.488 e. The number of carbonyl (C=O) groups excluding carboxylic acids is 2. The summed E-state index contributed by atoms with van der Waals surface area (Å²) in [4.78, 5) is 25.4. The van der Waals surface area contributed by atoms with Crippen molar-refractivity contribution >= 4 is 63.8 Å². The van der Waals surface area contributed by atoms with Crippen molar-refractivity contribution in [3.8, 4) is 5.75 Å². The van der Waals surface area contributed by atoms with E-state index in [0.29, 0.717) is 35.4 Å². The van der Waals surface area contributed by atoms with Crippen LogP contribution in [0.2, 0.25) is 10.0 Å². The van der Waals surface area contributed by atoms with Gasteiger partial charge in [-0.1, -0.05) is 42.3 Å². The second kappa shape index (κ2) is 9.15. The van der Waals surface area contributed by atoms with Gasteiger partial charge in [-0.15, -0.1) is 0 Å². The Morgan fingerprint density at radius 2 is 1.96 bits per heavy atom. The first-order valence-electron chi connectivity index (χ1n) is 8.60. The molecule has 2 aromatic carbocycles. The molecule has 1 aliphatic heterocycles. The van der Waals surface area contributed by atoms with Crippen LogP contribution in [-0.2, 0) is 11.4 Å². The van der Waals surface area contributed by atoms with Gasteiger partial charge in [-0.05, 0) is 64.9 Å². The Kier molecular flexibility index (Phi) is 6.85. The van der Waals surface area contributed by atoms with Gasteiger partial charge in [0, 0.05) is 22.2 Å². The summed E-state index contributed by atoms with van der Waals surface area (Å²) >= 11 is 14.2. The first kappa shape index (κ1) is 21.0. The van der Waals surface area contributed by atoms with Crippen molar-refractivity contribution in [2.24, 2.45) is 0 Å². The Bertz CT molecular complexity index is 962. The monoisotopic (exact) mass is 530 g/mol. The van der Waals surface area contributed by atoms with Gasteiger partial charge in [0.2, 0.25) is 0 Å². The zero-order valence-electron chi connectivity index (χ0n) is 15.0. The van der Waals surface area contributed by atoms with E-state index >= 15 is 0 Å². The van der Waals surface area contributed by atoms with Crippen LogP contribution in [0.3, 0.4) is 0 Å². The highest BCUT2D eigenvalue weighted by Crippen LogP contribution is 2.27. The molecule has 3 rings (SSSR count). The Morgan fingerprint density at radius 1 is 1.18 bits per heavy atom. The van der Waals surface area contributed by atoms with E-state index in [-0.39, 0.29) is 17.6 Å². The molecule has 0 unspecified atom stereocenters. The molecule has 1 N–H and O–H groups in total. The van der Waals surface area contributed by atoms with Gasteiger partial charge in [0.1, 0.15) is 18.1 Å². The van der Waals surface area contributed by atoms with Gasteiger partial charge in [0.25, 0.3) is 5.91 Å². The maximum atomic E-state index is 12.3. The van der Waals surface area contributed by atoms with Crippen molar-refractivity contribution in [1.82, 2.24) is 10.2 Å². The third kappa shape index (κ3) is 4.79. The number of nitrogens with one attached hydrogen (secondary N) is 1. The summed E-state index contributed by atoms with van der Waals surface area (Å²) in [5.41, 5.74) is 1.91. The zero-order chi connectivity index (χ0) is 20.3. The van der Waals surface area contributed by atoms with Crippen LogP contribution in [0.4, 0.5) is 4.79 Å². The van der Waals surface area contributed by atoms with E-state index in [1.54, 1.807) is 18.2 Å². The number of hydrogen-bond acceptors (Lipinski definition) is 3. The summed E-state index contributed by atoms with van der Waals surface area (Å²) in [5.74, 6) is 0.391. The summed E-state index contributed by atoms with van der Waals surface area (Å²) < 4.78 is 6.73. The first-order valence-corrected chi connectivity index (χ1v) is 10.4. The number of halogens is 3. The van der Waals surface area contributed by atoms with Crippen LogP contribution in [0.15, 0.2) is 42.1 Å². The Hall–Kier alpha value is -1.77. The minimum absolute atomic E-state index is 0.274. The Labute approximate surface area is 186 Å².